The Morgan fingerprint density at radius 3 is 2.56 bits per heavy atom. The van der Waals surface area contributed by atoms with Crippen LogP contribution in [0.15, 0.2) is 27.5 Å². The van der Waals surface area contributed by atoms with Crippen LogP contribution in [-0.4, -0.2) is 31.3 Å². The number of hydrogen-bond donors (Lipinski definition) is 3. The fraction of sp³-hybridized carbons (Fsp3) is 0.435. The Labute approximate surface area is 192 Å². The van der Waals surface area contributed by atoms with E-state index >= 15 is 4.39 Å². The van der Waals surface area contributed by atoms with Crippen molar-refractivity contribution in [2.45, 2.75) is 64.1 Å². The molecule has 182 valence electrons. The summed E-state index contributed by atoms with van der Waals surface area (Å²) in [6.45, 7) is 3.16. The third-order valence-electron chi connectivity index (χ3n) is 6.21. The smallest absolute Gasteiger partial charge is 0.439 e. The van der Waals surface area contributed by atoms with Crippen LogP contribution in [0.4, 0.5) is 13.2 Å². The molecule has 0 atom stereocenters. The Morgan fingerprint density at radius 2 is 1.91 bits per heavy atom. The number of pyridine rings is 1. The van der Waals surface area contributed by atoms with Crippen LogP contribution >= 0.6 is 0 Å². The molecule has 1 aliphatic carbocycles. The summed E-state index contributed by atoms with van der Waals surface area (Å²) in [5.41, 5.74) is 0.393. The van der Waals surface area contributed by atoms with Crippen molar-refractivity contribution in [3.63, 3.8) is 0 Å². The molecule has 0 saturated heterocycles. The molecule has 11 heteroatoms. The summed E-state index contributed by atoms with van der Waals surface area (Å²) < 4.78 is 52.0. The number of aryl methyl sites for hydroxylation is 1. The number of rotatable bonds is 6. The number of benzene rings is 1. The first kappa shape index (κ1) is 23.8. The third-order valence-corrected chi connectivity index (χ3v) is 6.21. The Hall–Kier alpha value is -3.34. The van der Waals surface area contributed by atoms with Gasteiger partial charge in [0.1, 0.15) is 23.7 Å². The number of aliphatic hydroxyl groups is 1. The number of H-pyrrole nitrogens is 1. The molecule has 3 N–H and O–H groups in total. The van der Waals surface area contributed by atoms with Gasteiger partial charge in [-0.1, -0.05) is 5.16 Å². The van der Waals surface area contributed by atoms with Crippen LogP contribution < -0.4 is 10.5 Å². The molecule has 2 heterocycles. The van der Waals surface area contributed by atoms with Gasteiger partial charge in [0.15, 0.2) is 17.4 Å². The van der Waals surface area contributed by atoms with Gasteiger partial charge in [0.05, 0.1) is 0 Å². The van der Waals surface area contributed by atoms with Crippen LogP contribution in [-0.2, 0) is 18.6 Å². The largest absolute Gasteiger partial charge is 0.506 e. The number of aromatic nitrogens is 3. The van der Waals surface area contributed by atoms with E-state index in [1.165, 1.54) is 12.1 Å². The number of aromatic hydroxyl groups is 1. The van der Waals surface area contributed by atoms with E-state index in [1.54, 1.807) is 19.9 Å². The average Bonchev–Trinajstić information content (AvgIpc) is 3.21. The van der Waals surface area contributed by atoms with Crippen molar-refractivity contribution in [1.82, 2.24) is 15.1 Å². The number of nitrogens with one attached hydrogen (secondary N) is 1. The van der Waals surface area contributed by atoms with Gasteiger partial charge in [-0.3, -0.25) is 14.5 Å². The lowest BCUT2D eigenvalue weighted by Crippen LogP contribution is -2.37. The summed E-state index contributed by atoms with van der Waals surface area (Å²) in [5.74, 6) is -4.38. The molecule has 34 heavy (non-hydrogen) atoms. The van der Waals surface area contributed by atoms with E-state index < -0.39 is 35.9 Å². The molecule has 0 spiro atoms. The van der Waals surface area contributed by atoms with Gasteiger partial charge in [-0.05, 0) is 61.6 Å². The quantitative estimate of drug-likeness (QED) is 0.492. The fourth-order valence-electron chi connectivity index (χ4n) is 4.19. The molecular formula is C23H24F3N3O5. The molecule has 1 aliphatic rings. The summed E-state index contributed by atoms with van der Waals surface area (Å²) in [6, 6.07) is 4.41. The number of nitrogens with zero attached hydrogens (tertiary/aromatic N) is 2. The monoisotopic (exact) mass is 479 g/mol. The van der Waals surface area contributed by atoms with Crippen molar-refractivity contribution in [2.24, 2.45) is 0 Å². The number of aromatic amines is 1. The van der Waals surface area contributed by atoms with Gasteiger partial charge in [0.25, 0.3) is 0 Å². The molecule has 0 aliphatic heterocycles. The number of alkyl halides is 2. The summed E-state index contributed by atoms with van der Waals surface area (Å²) in [5, 5.41) is 24.7. The first-order valence-corrected chi connectivity index (χ1v) is 10.7. The lowest BCUT2D eigenvalue weighted by molar-refractivity contribution is -0.109. The molecule has 4 rings (SSSR count). The second-order valence-electron chi connectivity index (χ2n) is 8.67. The maximum atomic E-state index is 15.0. The molecule has 3 aromatic rings. The number of halogens is 3. The highest BCUT2D eigenvalue weighted by Crippen LogP contribution is 2.45. The molecule has 0 radical (unpaired) electrons. The minimum Gasteiger partial charge on any atom is -0.506 e. The van der Waals surface area contributed by atoms with E-state index in [2.05, 4.69) is 19.6 Å². The van der Waals surface area contributed by atoms with E-state index in [0.717, 1.165) is 0 Å². The van der Waals surface area contributed by atoms with E-state index in [0.29, 0.717) is 22.4 Å². The lowest BCUT2D eigenvalue weighted by atomic mass is 9.80. The zero-order valence-electron chi connectivity index (χ0n) is 18.6. The van der Waals surface area contributed by atoms with Crippen molar-refractivity contribution in [2.75, 3.05) is 0 Å². The summed E-state index contributed by atoms with van der Waals surface area (Å²) in [4.78, 5) is 17.7. The van der Waals surface area contributed by atoms with Crippen LogP contribution in [0, 0.1) is 19.7 Å². The molecule has 1 aromatic carbocycles. The van der Waals surface area contributed by atoms with Gasteiger partial charge in [-0.25, -0.2) is 18.0 Å². The molecule has 0 bridgehead atoms. The zero-order chi connectivity index (χ0) is 24.7. The van der Waals surface area contributed by atoms with Gasteiger partial charge in [-0.15, -0.1) is 0 Å². The van der Waals surface area contributed by atoms with Gasteiger partial charge in [-0.2, -0.15) is 0 Å². The first-order valence-electron chi connectivity index (χ1n) is 10.7. The van der Waals surface area contributed by atoms with Crippen LogP contribution in [0.3, 0.4) is 0 Å². The predicted octanol–water partition coefficient (Wildman–Crippen LogP) is 3.79. The SMILES string of the molecule is Cc1cc(OCc2noc(=O)[nH]2)c(F)c(C)c1Cc1ccc(O)c(C2(O)CCC(F)(F)CC2)n1. The highest BCUT2D eigenvalue weighted by molar-refractivity contribution is 5.45. The van der Waals surface area contributed by atoms with Gasteiger partial charge < -0.3 is 14.9 Å². The minimum atomic E-state index is -2.85. The van der Waals surface area contributed by atoms with Crippen molar-refractivity contribution < 1.29 is 32.6 Å². The van der Waals surface area contributed by atoms with Gasteiger partial charge >= 0.3 is 5.76 Å². The van der Waals surface area contributed by atoms with Gasteiger partial charge in [0, 0.05) is 25.0 Å². The Kier molecular flexibility index (Phi) is 6.15. The van der Waals surface area contributed by atoms with Crippen molar-refractivity contribution >= 4 is 0 Å². The maximum absolute atomic E-state index is 15.0. The first-order chi connectivity index (χ1) is 16.0. The minimum absolute atomic E-state index is 0.0283. The third kappa shape index (κ3) is 4.79. The Balaban J connectivity index is 1.57. The highest BCUT2D eigenvalue weighted by Gasteiger charge is 2.45. The predicted molar refractivity (Wildman–Crippen MR) is 113 cm³/mol. The standard InChI is InChI=1S/C23H24F3N3O5/c1-12-9-17(33-11-18-28-21(31)34-29-18)19(24)13(2)15(12)10-14-3-4-16(30)20(27-14)22(32)5-7-23(25,26)8-6-22/h3-4,9,30,32H,5-8,10-11H2,1-2H3,(H,28,29,31). The number of hydrogen-bond acceptors (Lipinski definition) is 7. The molecule has 2 aromatic heterocycles. The van der Waals surface area contributed by atoms with E-state index in [4.69, 9.17) is 4.74 Å². The van der Waals surface area contributed by atoms with Gasteiger partial charge in [0.2, 0.25) is 5.92 Å². The Bertz CT molecular complexity index is 1260. The van der Waals surface area contributed by atoms with Crippen LogP contribution in [0.5, 0.6) is 11.5 Å². The van der Waals surface area contributed by atoms with Crippen molar-refractivity contribution in [3.05, 3.63) is 68.5 Å². The molecule has 1 saturated carbocycles. The normalized spacial score (nSPS) is 17.0. The molecule has 8 nitrogen and oxygen atoms in total. The molecule has 1 fully saturated rings. The van der Waals surface area contributed by atoms with Crippen molar-refractivity contribution in [3.8, 4) is 11.5 Å². The Morgan fingerprint density at radius 1 is 1.21 bits per heavy atom. The van der Waals surface area contributed by atoms with Crippen LogP contribution in [0.25, 0.3) is 0 Å². The second kappa shape index (κ2) is 8.79. The fourth-order valence-corrected chi connectivity index (χ4v) is 4.19. The molecular weight excluding hydrogens is 455 g/mol. The highest BCUT2D eigenvalue weighted by atomic mass is 19.3. The molecule has 0 unspecified atom stereocenters. The van der Waals surface area contributed by atoms with E-state index in [-0.39, 0.29) is 48.9 Å². The zero-order valence-corrected chi connectivity index (χ0v) is 18.6. The topological polar surface area (TPSA) is 121 Å². The second-order valence-corrected chi connectivity index (χ2v) is 8.67. The lowest BCUT2D eigenvalue weighted by Gasteiger charge is -2.35. The summed E-state index contributed by atoms with van der Waals surface area (Å²) in [7, 11) is 0. The summed E-state index contributed by atoms with van der Waals surface area (Å²) in [6.07, 6.45) is -1.26. The van der Waals surface area contributed by atoms with Crippen LogP contribution in [0.1, 0.15) is 59.6 Å². The maximum Gasteiger partial charge on any atom is 0.439 e. The van der Waals surface area contributed by atoms with Crippen molar-refractivity contribution in [1.29, 1.82) is 0 Å². The summed E-state index contributed by atoms with van der Waals surface area (Å²) >= 11 is 0. The molecule has 0 amide bonds. The van der Waals surface area contributed by atoms with E-state index in [1.807, 2.05) is 0 Å². The number of ether oxygens (including phenoxy) is 1. The van der Waals surface area contributed by atoms with E-state index in [9.17, 15) is 23.8 Å². The average molecular weight is 479 g/mol. The van der Waals surface area contributed by atoms with Crippen LogP contribution in [0.2, 0.25) is 0 Å².